The van der Waals surface area contributed by atoms with Crippen molar-refractivity contribution in [2.75, 3.05) is 12.4 Å². The number of rotatable bonds is 7. The van der Waals surface area contributed by atoms with Crippen molar-refractivity contribution in [1.29, 1.82) is 0 Å². The molecule has 2 N–H and O–H groups in total. The largest absolute Gasteiger partial charge is 0.464 e. The zero-order valence-electron chi connectivity index (χ0n) is 17.6. The van der Waals surface area contributed by atoms with Gasteiger partial charge in [0, 0.05) is 23.7 Å². The van der Waals surface area contributed by atoms with Crippen molar-refractivity contribution in [3.05, 3.63) is 78.1 Å². The van der Waals surface area contributed by atoms with E-state index >= 15 is 0 Å². The molecule has 1 aliphatic heterocycles. The van der Waals surface area contributed by atoms with Crippen molar-refractivity contribution >= 4 is 29.4 Å². The maximum atomic E-state index is 12.8. The monoisotopic (exact) mass is 435 g/mol. The molecular weight excluding hydrogens is 414 g/mol. The zero-order chi connectivity index (χ0) is 23.4. The van der Waals surface area contributed by atoms with E-state index in [1.54, 1.807) is 42.5 Å². The molecule has 2 aromatic carbocycles. The van der Waals surface area contributed by atoms with Crippen LogP contribution in [-0.2, 0) is 25.7 Å². The molecule has 2 aromatic rings. The first-order valence-electron chi connectivity index (χ1n) is 9.48. The van der Waals surface area contributed by atoms with Crippen molar-refractivity contribution in [3.63, 3.8) is 0 Å². The Hall–Kier alpha value is -4.40. The molecule has 0 aliphatic carbocycles. The smallest absolute Gasteiger partial charge is 0.353 e. The third-order valence-electron chi connectivity index (χ3n) is 4.61. The molecule has 0 bridgehead atoms. The first-order chi connectivity index (χ1) is 15.2. The van der Waals surface area contributed by atoms with E-state index in [0.29, 0.717) is 28.3 Å². The summed E-state index contributed by atoms with van der Waals surface area (Å²) in [5.74, 6) is -1.21. The number of amides is 3. The highest BCUT2D eigenvalue weighted by molar-refractivity contribution is 6.07. The summed E-state index contributed by atoms with van der Waals surface area (Å²) in [6, 6.07) is 11.8. The number of methoxy groups -OCH3 is 1. The molecule has 0 spiro atoms. The van der Waals surface area contributed by atoms with Crippen molar-refractivity contribution in [1.82, 2.24) is 10.2 Å². The van der Waals surface area contributed by atoms with Crippen LogP contribution in [0.15, 0.2) is 67.0 Å². The molecular formula is C23H21N3O6. The minimum Gasteiger partial charge on any atom is -0.464 e. The molecule has 164 valence electrons. The fourth-order valence-corrected chi connectivity index (χ4v) is 3.06. The third kappa shape index (κ3) is 4.67. The van der Waals surface area contributed by atoms with E-state index in [2.05, 4.69) is 28.5 Å². The molecule has 1 heterocycles. The lowest BCUT2D eigenvalue weighted by Crippen LogP contribution is -2.36. The van der Waals surface area contributed by atoms with Gasteiger partial charge in [0.1, 0.15) is 22.9 Å². The molecule has 0 aromatic heterocycles. The normalized spacial score (nSPS) is 11.9. The number of benzene rings is 2. The van der Waals surface area contributed by atoms with Crippen LogP contribution in [0.3, 0.4) is 0 Å². The van der Waals surface area contributed by atoms with Crippen molar-refractivity contribution < 1.29 is 28.7 Å². The second-order valence-electron chi connectivity index (χ2n) is 6.85. The lowest BCUT2D eigenvalue weighted by Gasteiger charge is -2.18. The first-order valence-corrected chi connectivity index (χ1v) is 9.48. The van der Waals surface area contributed by atoms with Gasteiger partial charge < -0.3 is 20.1 Å². The summed E-state index contributed by atoms with van der Waals surface area (Å²) in [6.45, 7) is 8.58. The Morgan fingerprint density at radius 3 is 2.38 bits per heavy atom. The summed E-state index contributed by atoms with van der Waals surface area (Å²) >= 11 is 0. The highest BCUT2D eigenvalue weighted by Crippen LogP contribution is 2.35. The summed E-state index contributed by atoms with van der Waals surface area (Å²) in [4.78, 5) is 49.0. The Morgan fingerprint density at radius 1 is 1.06 bits per heavy atom. The summed E-state index contributed by atoms with van der Waals surface area (Å²) in [5, 5.41) is 4.93. The lowest BCUT2D eigenvalue weighted by molar-refractivity contribution is -0.137. The van der Waals surface area contributed by atoms with Gasteiger partial charge in [0.05, 0.1) is 13.7 Å². The maximum absolute atomic E-state index is 12.8. The molecule has 0 radical (unpaired) electrons. The van der Waals surface area contributed by atoms with E-state index in [0.717, 1.165) is 7.11 Å². The van der Waals surface area contributed by atoms with E-state index in [1.807, 2.05) is 0 Å². The molecule has 0 saturated heterocycles. The summed E-state index contributed by atoms with van der Waals surface area (Å²) in [7, 11) is 1.16. The SMILES string of the molecule is C=C(NC(=O)C(=C)N1Cc2c(Oc3ccc(NC(C)=O)cc3)cccc2C1=O)C(=O)OC. The minimum atomic E-state index is -0.803. The number of hydrogen-bond acceptors (Lipinski definition) is 6. The van der Waals surface area contributed by atoms with Gasteiger partial charge in [0.2, 0.25) is 5.91 Å². The third-order valence-corrected chi connectivity index (χ3v) is 4.61. The fraction of sp³-hybridized carbons (Fsp3) is 0.130. The quantitative estimate of drug-likeness (QED) is 0.511. The van der Waals surface area contributed by atoms with Crippen LogP contribution in [-0.4, -0.2) is 35.7 Å². The average Bonchev–Trinajstić information content (AvgIpc) is 3.11. The molecule has 3 amide bonds. The maximum Gasteiger partial charge on any atom is 0.353 e. The highest BCUT2D eigenvalue weighted by Gasteiger charge is 2.34. The Balaban J connectivity index is 1.76. The van der Waals surface area contributed by atoms with E-state index in [4.69, 9.17) is 4.74 Å². The number of carbonyl (C=O) groups excluding carboxylic acids is 4. The molecule has 9 heteroatoms. The predicted octanol–water partition coefficient (Wildman–Crippen LogP) is 2.71. The molecule has 1 aliphatic rings. The van der Waals surface area contributed by atoms with Crippen LogP contribution >= 0.6 is 0 Å². The molecule has 0 saturated carbocycles. The number of nitrogens with zero attached hydrogens (tertiary/aromatic N) is 1. The lowest BCUT2D eigenvalue weighted by atomic mass is 10.1. The number of hydrogen-bond donors (Lipinski definition) is 2. The molecule has 9 nitrogen and oxygen atoms in total. The Bertz CT molecular complexity index is 1140. The van der Waals surface area contributed by atoms with Gasteiger partial charge in [-0.05, 0) is 36.4 Å². The van der Waals surface area contributed by atoms with Gasteiger partial charge in [0.25, 0.3) is 11.8 Å². The van der Waals surface area contributed by atoms with E-state index in [1.165, 1.54) is 11.8 Å². The van der Waals surface area contributed by atoms with Gasteiger partial charge in [-0.1, -0.05) is 19.2 Å². The minimum absolute atomic E-state index is 0.0608. The van der Waals surface area contributed by atoms with Crippen molar-refractivity contribution in [3.8, 4) is 11.5 Å². The highest BCUT2D eigenvalue weighted by atomic mass is 16.5. The number of nitrogens with one attached hydrogen (secondary N) is 2. The first kappa shape index (κ1) is 22.3. The number of esters is 1. The van der Waals surface area contributed by atoms with E-state index < -0.39 is 17.8 Å². The number of carbonyl (C=O) groups is 4. The van der Waals surface area contributed by atoms with Crippen molar-refractivity contribution in [2.24, 2.45) is 0 Å². The standard InChI is InChI=1S/C23H21N3O6/c1-13(23(30)31-4)24-21(28)14(2)26-12-19-18(22(26)29)6-5-7-20(19)32-17-10-8-16(9-11-17)25-15(3)27/h5-11H,1-2,12H2,3-4H3,(H,24,28)(H,25,27). The summed E-state index contributed by atoms with van der Waals surface area (Å²) in [5.41, 5.74) is 1.17. The van der Waals surface area contributed by atoms with Crippen LogP contribution in [0.4, 0.5) is 5.69 Å². The second kappa shape index (κ2) is 9.17. The summed E-state index contributed by atoms with van der Waals surface area (Å²) in [6.07, 6.45) is 0. The van der Waals surface area contributed by atoms with Gasteiger partial charge in [-0.2, -0.15) is 0 Å². The van der Waals surface area contributed by atoms with Gasteiger partial charge >= 0.3 is 5.97 Å². The van der Waals surface area contributed by atoms with Crippen LogP contribution in [0, 0.1) is 0 Å². The van der Waals surface area contributed by atoms with Crippen LogP contribution in [0.2, 0.25) is 0 Å². The number of anilines is 1. The van der Waals surface area contributed by atoms with E-state index in [9.17, 15) is 19.2 Å². The fourth-order valence-electron chi connectivity index (χ4n) is 3.06. The molecule has 0 atom stereocenters. The van der Waals surface area contributed by atoms with E-state index in [-0.39, 0.29) is 23.8 Å². The topological polar surface area (TPSA) is 114 Å². The summed E-state index contributed by atoms with van der Waals surface area (Å²) < 4.78 is 10.4. The Labute approximate surface area is 184 Å². The molecule has 0 fully saturated rings. The van der Waals surface area contributed by atoms with Crippen LogP contribution in [0.5, 0.6) is 11.5 Å². The molecule has 3 rings (SSSR count). The van der Waals surface area contributed by atoms with Gasteiger partial charge in [-0.25, -0.2) is 4.79 Å². The van der Waals surface area contributed by atoms with Crippen LogP contribution in [0.25, 0.3) is 0 Å². The Morgan fingerprint density at radius 2 is 1.75 bits per heavy atom. The Kier molecular flexibility index (Phi) is 6.39. The average molecular weight is 435 g/mol. The number of fused-ring (bicyclic) bond motifs is 1. The van der Waals surface area contributed by atoms with Crippen LogP contribution in [0.1, 0.15) is 22.8 Å². The zero-order valence-corrected chi connectivity index (χ0v) is 17.6. The second-order valence-corrected chi connectivity index (χ2v) is 6.85. The molecule has 0 unspecified atom stereocenters. The van der Waals surface area contributed by atoms with Crippen molar-refractivity contribution in [2.45, 2.75) is 13.5 Å². The van der Waals surface area contributed by atoms with Gasteiger partial charge in [-0.15, -0.1) is 0 Å². The van der Waals surface area contributed by atoms with Gasteiger partial charge in [0.15, 0.2) is 0 Å². The van der Waals surface area contributed by atoms with Gasteiger partial charge in [-0.3, -0.25) is 19.3 Å². The number of ether oxygens (including phenoxy) is 2. The molecule has 32 heavy (non-hydrogen) atoms. The van der Waals surface area contributed by atoms with Crippen LogP contribution < -0.4 is 15.4 Å². The predicted molar refractivity (Wildman–Crippen MR) is 116 cm³/mol.